The highest BCUT2D eigenvalue weighted by Crippen LogP contribution is 2.32. The number of hydrogen-bond donors (Lipinski definition) is 3. The molecule has 1 aliphatic rings. The third-order valence-electron chi connectivity index (χ3n) is 4.06. The summed E-state index contributed by atoms with van der Waals surface area (Å²) in [5.74, 6) is -0.166. The lowest BCUT2D eigenvalue weighted by atomic mass is 9.95. The van der Waals surface area contributed by atoms with Gasteiger partial charge < -0.3 is 16.8 Å². The van der Waals surface area contributed by atoms with Gasteiger partial charge in [0.15, 0.2) is 0 Å². The Bertz CT molecular complexity index is 528. The van der Waals surface area contributed by atoms with Crippen molar-refractivity contribution in [1.29, 1.82) is 0 Å². The van der Waals surface area contributed by atoms with Crippen molar-refractivity contribution in [1.82, 2.24) is 0 Å². The van der Waals surface area contributed by atoms with Gasteiger partial charge in [0.05, 0.1) is 0 Å². The molecule has 5 heteroatoms. The molecule has 108 valence electrons. The van der Waals surface area contributed by atoms with Crippen molar-refractivity contribution in [3.63, 3.8) is 0 Å². The van der Waals surface area contributed by atoms with E-state index in [-0.39, 0.29) is 17.7 Å². The van der Waals surface area contributed by atoms with Gasteiger partial charge in [0.1, 0.15) is 0 Å². The number of nitrogens with one attached hydrogen (secondary N) is 1. The molecule has 1 aromatic rings. The SMILES string of the molecule is Cc1cc(NC(=O)[C@@H]2CCC[C@@H]2CN)ccc1C(N)=O. The Balaban J connectivity index is 2.08. The first kappa shape index (κ1) is 14.5. The standard InChI is InChI=1S/C15H21N3O2/c1-9-7-11(5-6-12(9)14(17)19)18-15(20)13-4-2-3-10(13)8-16/h5-7,10,13H,2-4,8,16H2,1H3,(H2,17,19)(H,18,20)/t10-,13-/m1/s1. The zero-order chi connectivity index (χ0) is 14.7. The van der Waals surface area contributed by atoms with Gasteiger partial charge in [-0.3, -0.25) is 9.59 Å². The van der Waals surface area contributed by atoms with Crippen LogP contribution in [0.25, 0.3) is 0 Å². The van der Waals surface area contributed by atoms with Crippen LogP contribution in [0.4, 0.5) is 5.69 Å². The summed E-state index contributed by atoms with van der Waals surface area (Å²) in [6.45, 7) is 2.35. The maximum Gasteiger partial charge on any atom is 0.248 e. The quantitative estimate of drug-likeness (QED) is 0.774. The number of carbonyl (C=O) groups is 2. The Morgan fingerprint density at radius 2 is 2.10 bits per heavy atom. The summed E-state index contributed by atoms with van der Waals surface area (Å²) in [4.78, 5) is 23.4. The summed E-state index contributed by atoms with van der Waals surface area (Å²) >= 11 is 0. The molecule has 0 spiro atoms. The molecular formula is C15H21N3O2. The van der Waals surface area contributed by atoms with Crippen LogP contribution in [0.15, 0.2) is 18.2 Å². The summed E-state index contributed by atoms with van der Waals surface area (Å²) < 4.78 is 0. The number of aryl methyl sites for hydroxylation is 1. The predicted octanol–water partition coefficient (Wildman–Crippen LogP) is 1.41. The number of amides is 2. The van der Waals surface area contributed by atoms with Gasteiger partial charge >= 0.3 is 0 Å². The van der Waals surface area contributed by atoms with E-state index in [9.17, 15) is 9.59 Å². The van der Waals surface area contributed by atoms with Gasteiger partial charge in [-0.1, -0.05) is 6.42 Å². The van der Waals surface area contributed by atoms with Crippen LogP contribution >= 0.6 is 0 Å². The minimum absolute atomic E-state index is 0.00359. The topological polar surface area (TPSA) is 98.2 Å². The van der Waals surface area contributed by atoms with Crippen LogP contribution in [0.2, 0.25) is 0 Å². The lowest BCUT2D eigenvalue weighted by Gasteiger charge is -2.17. The highest BCUT2D eigenvalue weighted by atomic mass is 16.2. The van der Waals surface area contributed by atoms with Gasteiger partial charge in [-0.25, -0.2) is 0 Å². The van der Waals surface area contributed by atoms with E-state index in [0.29, 0.717) is 17.8 Å². The van der Waals surface area contributed by atoms with Crippen molar-refractivity contribution >= 4 is 17.5 Å². The lowest BCUT2D eigenvalue weighted by Crippen LogP contribution is -2.29. The van der Waals surface area contributed by atoms with Crippen LogP contribution in [0.1, 0.15) is 35.2 Å². The maximum atomic E-state index is 12.3. The highest BCUT2D eigenvalue weighted by molar-refractivity contribution is 5.96. The second-order valence-electron chi connectivity index (χ2n) is 5.42. The average Bonchev–Trinajstić information content (AvgIpc) is 2.86. The largest absolute Gasteiger partial charge is 0.366 e. The molecule has 2 amide bonds. The molecule has 0 aliphatic heterocycles. The number of primary amides is 1. The average molecular weight is 275 g/mol. The van der Waals surface area contributed by atoms with Crippen LogP contribution in [0.3, 0.4) is 0 Å². The zero-order valence-electron chi connectivity index (χ0n) is 11.7. The molecule has 1 aromatic carbocycles. The normalized spacial score (nSPS) is 21.7. The number of carbonyl (C=O) groups excluding carboxylic acids is 2. The van der Waals surface area contributed by atoms with Gasteiger partial charge in [-0.15, -0.1) is 0 Å². The van der Waals surface area contributed by atoms with Gasteiger partial charge in [0, 0.05) is 17.2 Å². The Kier molecular flexibility index (Phi) is 4.39. The fourth-order valence-electron chi connectivity index (χ4n) is 2.92. The fourth-order valence-corrected chi connectivity index (χ4v) is 2.92. The van der Waals surface area contributed by atoms with Crippen molar-refractivity contribution in [2.45, 2.75) is 26.2 Å². The molecule has 5 N–H and O–H groups in total. The molecule has 1 saturated carbocycles. The monoisotopic (exact) mass is 275 g/mol. The summed E-state index contributed by atoms with van der Waals surface area (Å²) in [5.41, 5.74) is 12.9. The number of anilines is 1. The molecule has 20 heavy (non-hydrogen) atoms. The van der Waals surface area contributed by atoms with Gasteiger partial charge in [-0.2, -0.15) is 0 Å². The Morgan fingerprint density at radius 1 is 1.35 bits per heavy atom. The van der Waals surface area contributed by atoms with Crippen LogP contribution in [0.5, 0.6) is 0 Å². The van der Waals surface area contributed by atoms with E-state index in [1.807, 2.05) is 0 Å². The second-order valence-corrected chi connectivity index (χ2v) is 5.42. The molecule has 0 radical (unpaired) electrons. The fraction of sp³-hybridized carbons (Fsp3) is 0.467. The van der Waals surface area contributed by atoms with Crippen molar-refractivity contribution in [3.05, 3.63) is 29.3 Å². The molecule has 0 aromatic heterocycles. The van der Waals surface area contributed by atoms with E-state index in [4.69, 9.17) is 11.5 Å². The first-order valence-electron chi connectivity index (χ1n) is 6.94. The number of nitrogens with two attached hydrogens (primary N) is 2. The third-order valence-corrected chi connectivity index (χ3v) is 4.06. The predicted molar refractivity (Wildman–Crippen MR) is 78.2 cm³/mol. The first-order valence-corrected chi connectivity index (χ1v) is 6.94. The van der Waals surface area contributed by atoms with E-state index in [1.54, 1.807) is 25.1 Å². The number of hydrogen-bond acceptors (Lipinski definition) is 3. The molecule has 1 aliphatic carbocycles. The summed E-state index contributed by atoms with van der Waals surface area (Å²) in [5, 5.41) is 2.91. The van der Waals surface area contributed by atoms with Gasteiger partial charge in [-0.05, 0) is 56.0 Å². The van der Waals surface area contributed by atoms with Crippen LogP contribution in [-0.4, -0.2) is 18.4 Å². The minimum Gasteiger partial charge on any atom is -0.366 e. The van der Waals surface area contributed by atoms with E-state index < -0.39 is 5.91 Å². The molecule has 0 saturated heterocycles. The highest BCUT2D eigenvalue weighted by Gasteiger charge is 2.31. The van der Waals surface area contributed by atoms with Crippen molar-refractivity contribution < 1.29 is 9.59 Å². The Morgan fingerprint density at radius 3 is 2.70 bits per heavy atom. The van der Waals surface area contributed by atoms with Crippen LogP contribution in [0, 0.1) is 18.8 Å². The zero-order valence-corrected chi connectivity index (χ0v) is 11.7. The lowest BCUT2D eigenvalue weighted by molar-refractivity contribution is -0.120. The van der Waals surface area contributed by atoms with Crippen LogP contribution in [-0.2, 0) is 4.79 Å². The summed E-state index contributed by atoms with van der Waals surface area (Å²) in [6, 6.07) is 5.12. The first-order chi connectivity index (χ1) is 9.52. The van der Waals surface area contributed by atoms with Crippen molar-refractivity contribution in [3.8, 4) is 0 Å². The molecule has 2 atom stereocenters. The molecule has 2 rings (SSSR count). The second kappa shape index (κ2) is 6.05. The van der Waals surface area contributed by atoms with E-state index in [0.717, 1.165) is 24.8 Å². The molecule has 1 fully saturated rings. The maximum absolute atomic E-state index is 12.3. The van der Waals surface area contributed by atoms with E-state index in [1.165, 1.54) is 0 Å². The van der Waals surface area contributed by atoms with Crippen LogP contribution < -0.4 is 16.8 Å². The molecule has 0 bridgehead atoms. The Labute approximate surface area is 118 Å². The molecule has 0 heterocycles. The Hall–Kier alpha value is -1.88. The summed E-state index contributed by atoms with van der Waals surface area (Å²) in [6.07, 6.45) is 2.97. The van der Waals surface area contributed by atoms with Gasteiger partial charge in [0.25, 0.3) is 0 Å². The smallest absolute Gasteiger partial charge is 0.248 e. The van der Waals surface area contributed by atoms with Crippen molar-refractivity contribution in [2.75, 3.05) is 11.9 Å². The molecule has 0 unspecified atom stereocenters. The number of benzene rings is 1. The van der Waals surface area contributed by atoms with E-state index >= 15 is 0 Å². The minimum atomic E-state index is -0.459. The third kappa shape index (κ3) is 2.99. The number of rotatable bonds is 4. The summed E-state index contributed by atoms with van der Waals surface area (Å²) in [7, 11) is 0. The molecule has 5 nitrogen and oxygen atoms in total. The molecular weight excluding hydrogens is 254 g/mol. The van der Waals surface area contributed by atoms with Crippen molar-refractivity contribution in [2.24, 2.45) is 23.3 Å². The van der Waals surface area contributed by atoms with E-state index in [2.05, 4.69) is 5.32 Å². The van der Waals surface area contributed by atoms with Gasteiger partial charge in [0.2, 0.25) is 11.8 Å².